The van der Waals surface area contributed by atoms with Gasteiger partial charge in [0, 0.05) is 24.2 Å². The van der Waals surface area contributed by atoms with Crippen molar-refractivity contribution in [3.05, 3.63) is 17.9 Å². The van der Waals surface area contributed by atoms with E-state index in [1.165, 1.54) is 10.7 Å². The molecule has 1 saturated heterocycles. The molecule has 18 heavy (non-hydrogen) atoms. The largest absolute Gasteiger partial charge is 0.399 e. The highest BCUT2D eigenvalue weighted by Gasteiger charge is 2.22. The third-order valence-electron chi connectivity index (χ3n) is 2.99. The molecule has 7 heteroatoms. The van der Waals surface area contributed by atoms with Crippen molar-refractivity contribution in [1.82, 2.24) is 15.1 Å². The highest BCUT2D eigenvalue weighted by Crippen LogP contribution is 2.29. The lowest BCUT2D eigenvalue weighted by Crippen LogP contribution is -2.36. The lowest BCUT2D eigenvalue weighted by Gasteiger charge is -2.24. The molecule has 1 aliphatic heterocycles. The molecule has 2 heterocycles. The molecule has 96 valence electrons. The van der Waals surface area contributed by atoms with E-state index in [9.17, 15) is 4.39 Å². The fourth-order valence-electron chi connectivity index (χ4n) is 2.19. The van der Waals surface area contributed by atoms with Gasteiger partial charge < -0.3 is 21.5 Å². The van der Waals surface area contributed by atoms with Crippen molar-refractivity contribution in [2.75, 3.05) is 31.2 Å². The summed E-state index contributed by atoms with van der Waals surface area (Å²) in [6.45, 7) is 1.91. The average molecular weight is 251 g/mol. The van der Waals surface area contributed by atoms with Crippen molar-refractivity contribution in [2.24, 2.45) is 0 Å². The number of anilines is 2. The minimum absolute atomic E-state index is 0.255. The number of nitrogens with one attached hydrogen (secondary N) is 1. The van der Waals surface area contributed by atoms with Gasteiger partial charge in [-0.3, -0.25) is 0 Å². The Hall–Kier alpha value is -1.86. The van der Waals surface area contributed by atoms with Crippen molar-refractivity contribution in [3.63, 3.8) is 0 Å². The number of morpholine rings is 1. The Morgan fingerprint density at radius 3 is 3.00 bits per heavy atom. The zero-order chi connectivity index (χ0) is 12.7. The molecule has 0 aliphatic carbocycles. The summed E-state index contributed by atoms with van der Waals surface area (Å²) >= 11 is 0. The number of hydrogen-bond donors (Lipinski definition) is 3. The van der Waals surface area contributed by atoms with E-state index < -0.39 is 5.82 Å². The van der Waals surface area contributed by atoms with Crippen LogP contribution in [0.2, 0.25) is 0 Å². The first kappa shape index (κ1) is 11.2. The molecule has 0 amide bonds. The highest BCUT2D eigenvalue weighted by molar-refractivity contribution is 5.92. The first-order chi connectivity index (χ1) is 8.66. The summed E-state index contributed by atoms with van der Waals surface area (Å²) < 4.78 is 21.0. The fourth-order valence-corrected chi connectivity index (χ4v) is 2.19. The summed E-state index contributed by atoms with van der Waals surface area (Å²) in [5.41, 5.74) is 12.1. The first-order valence-corrected chi connectivity index (χ1v) is 5.72. The van der Waals surface area contributed by atoms with Crippen molar-refractivity contribution >= 4 is 22.4 Å². The number of hydrogen-bond acceptors (Lipinski definition) is 5. The van der Waals surface area contributed by atoms with Crippen LogP contribution < -0.4 is 16.8 Å². The first-order valence-electron chi connectivity index (χ1n) is 5.72. The number of benzene rings is 1. The molecule has 1 aromatic carbocycles. The normalized spacial score (nSPS) is 20.4. The second-order valence-corrected chi connectivity index (χ2v) is 4.26. The number of ether oxygens (including phenoxy) is 1. The molecule has 1 aromatic heterocycles. The zero-order valence-electron chi connectivity index (χ0n) is 9.69. The number of nitrogen functional groups attached to an aromatic ring is 2. The van der Waals surface area contributed by atoms with Crippen LogP contribution >= 0.6 is 0 Å². The summed E-state index contributed by atoms with van der Waals surface area (Å²) in [5.74, 6) is -0.186. The molecule has 5 N–H and O–H groups in total. The van der Waals surface area contributed by atoms with Crippen molar-refractivity contribution in [2.45, 2.75) is 6.23 Å². The van der Waals surface area contributed by atoms with Gasteiger partial charge in [0.2, 0.25) is 0 Å². The standard InChI is InChI=1S/C11H14FN5O/c12-8-4-6(13)3-7-10(8)17(16-11(7)14)9-5-15-1-2-18-9/h3-4,9,15H,1-2,5,13H2,(H2,14,16). The molecule has 0 saturated carbocycles. The third-order valence-corrected chi connectivity index (χ3v) is 2.99. The van der Waals surface area contributed by atoms with Gasteiger partial charge in [-0.25, -0.2) is 9.07 Å². The van der Waals surface area contributed by atoms with E-state index in [4.69, 9.17) is 16.2 Å². The predicted octanol–water partition coefficient (Wildman–Crippen LogP) is 0.458. The molecule has 2 aromatic rings. The average Bonchev–Trinajstić information content (AvgIpc) is 2.68. The second-order valence-electron chi connectivity index (χ2n) is 4.26. The summed E-state index contributed by atoms with van der Waals surface area (Å²) in [6.07, 6.45) is -0.350. The van der Waals surface area contributed by atoms with Crippen LogP contribution in [0.1, 0.15) is 6.23 Å². The molecule has 1 fully saturated rings. The van der Waals surface area contributed by atoms with E-state index in [-0.39, 0.29) is 12.0 Å². The Labute approximate surface area is 103 Å². The van der Waals surface area contributed by atoms with Gasteiger partial charge in [-0.15, -0.1) is 0 Å². The molecular formula is C11H14FN5O. The van der Waals surface area contributed by atoms with Crippen molar-refractivity contribution in [3.8, 4) is 0 Å². The van der Waals surface area contributed by atoms with Crippen LogP contribution in [0.25, 0.3) is 10.9 Å². The number of halogens is 1. The Bertz CT molecular complexity index is 591. The van der Waals surface area contributed by atoms with Gasteiger partial charge in [0.1, 0.15) is 5.52 Å². The van der Waals surface area contributed by atoms with Crippen LogP contribution in [0.15, 0.2) is 12.1 Å². The lowest BCUT2D eigenvalue weighted by atomic mass is 10.2. The Kier molecular flexibility index (Phi) is 2.57. The monoisotopic (exact) mass is 251 g/mol. The van der Waals surface area contributed by atoms with Crippen LogP contribution in [0, 0.1) is 5.82 Å². The molecule has 0 bridgehead atoms. The molecule has 1 aliphatic rings. The molecule has 0 spiro atoms. The van der Waals surface area contributed by atoms with Gasteiger partial charge in [0.05, 0.1) is 6.61 Å². The van der Waals surface area contributed by atoms with Crippen LogP contribution in [0.3, 0.4) is 0 Å². The maximum absolute atomic E-state index is 14.0. The van der Waals surface area contributed by atoms with Gasteiger partial charge >= 0.3 is 0 Å². The smallest absolute Gasteiger partial charge is 0.163 e. The molecule has 0 radical (unpaired) electrons. The fraction of sp³-hybridized carbons (Fsp3) is 0.364. The Morgan fingerprint density at radius 1 is 1.44 bits per heavy atom. The van der Waals surface area contributed by atoms with E-state index in [1.54, 1.807) is 6.07 Å². The Morgan fingerprint density at radius 2 is 2.28 bits per heavy atom. The molecule has 3 rings (SSSR count). The molecule has 1 unspecified atom stereocenters. The summed E-state index contributed by atoms with van der Waals surface area (Å²) in [4.78, 5) is 0. The highest BCUT2D eigenvalue weighted by atomic mass is 19.1. The van der Waals surface area contributed by atoms with E-state index in [1.807, 2.05) is 0 Å². The third kappa shape index (κ3) is 1.68. The second kappa shape index (κ2) is 4.11. The van der Waals surface area contributed by atoms with E-state index in [0.717, 1.165) is 6.54 Å². The van der Waals surface area contributed by atoms with Gasteiger partial charge in [0.25, 0.3) is 0 Å². The van der Waals surface area contributed by atoms with E-state index in [2.05, 4.69) is 10.4 Å². The van der Waals surface area contributed by atoms with Gasteiger partial charge in [-0.05, 0) is 12.1 Å². The molecular weight excluding hydrogens is 237 g/mol. The van der Waals surface area contributed by atoms with Crippen molar-refractivity contribution in [1.29, 1.82) is 0 Å². The maximum atomic E-state index is 14.0. The van der Waals surface area contributed by atoms with Crippen LogP contribution in [-0.4, -0.2) is 29.5 Å². The zero-order valence-corrected chi connectivity index (χ0v) is 9.69. The predicted molar refractivity (Wildman–Crippen MR) is 66.4 cm³/mol. The van der Waals surface area contributed by atoms with Crippen LogP contribution in [-0.2, 0) is 4.74 Å². The Balaban J connectivity index is 2.17. The minimum Gasteiger partial charge on any atom is -0.399 e. The van der Waals surface area contributed by atoms with Crippen LogP contribution in [0.4, 0.5) is 15.9 Å². The van der Waals surface area contributed by atoms with Crippen LogP contribution in [0.5, 0.6) is 0 Å². The number of aromatic nitrogens is 2. The number of nitrogens with two attached hydrogens (primary N) is 2. The number of nitrogens with zero attached hydrogens (tertiary/aromatic N) is 2. The summed E-state index contributed by atoms with van der Waals surface area (Å²) in [7, 11) is 0. The quantitative estimate of drug-likeness (QED) is 0.640. The molecule has 6 nitrogen and oxygen atoms in total. The number of rotatable bonds is 1. The van der Waals surface area contributed by atoms with Gasteiger partial charge in [0.15, 0.2) is 17.9 Å². The summed E-state index contributed by atoms with van der Waals surface area (Å²) in [6, 6.07) is 2.88. The summed E-state index contributed by atoms with van der Waals surface area (Å²) in [5, 5.41) is 7.83. The van der Waals surface area contributed by atoms with E-state index in [0.29, 0.717) is 29.7 Å². The SMILES string of the molecule is Nc1cc(F)c2c(c1)c(N)nn2C1CNCCO1. The van der Waals surface area contributed by atoms with Crippen molar-refractivity contribution < 1.29 is 9.13 Å². The topological polar surface area (TPSA) is 91.1 Å². The minimum atomic E-state index is -0.441. The lowest BCUT2D eigenvalue weighted by molar-refractivity contribution is -0.0243. The number of fused-ring (bicyclic) bond motifs is 1. The van der Waals surface area contributed by atoms with Gasteiger partial charge in [-0.2, -0.15) is 5.10 Å². The van der Waals surface area contributed by atoms with Gasteiger partial charge in [-0.1, -0.05) is 0 Å². The molecule has 1 atom stereocenters. The maximum Gasteiger partial charge on any atom is 0.163 e. The van der Waals surface area contributed by atoms with E-state index >= 15 is 0 Å².